The van der Waals surface area contributed by atoms with Crippen LogP contribution in [0.1, 0.15) is 12.6 Å². The number of nitrogens with one attached hydrogen (secondary N) is 4. The van der Waals surface area contributed by atoms with Gasteiger partial charge in [-0.05, 0) is 59.7 Å². The predicted molar refractivity (Wildman–Crippen MR) is 229 cm³/mol. The van der Waals surface area contributed by atoms with E-state index in [0.717, 1.165) is 12.1 Å². The Morgan fingerprint density at radius 3 is 1.16 bits per heavy atom. The second-order valence-electron chi connectivity index (χ2n) is 12.9. The molecule has 2 heterocycles. The standard InChI is InChI=1S/C38H40N12O8S2.Na.H/c1-49(19-21-51)37-45-33(39-27-9-5-3-6-10-27)43-35(47-37)41-29-17-15-25(31(23-29)59(53,54)55)13-14-26-16-18-30(24-32(26)60(56,57)58)42-36-44-34(40-28-11-7-4-8-12-28)46-38(48-36)50(2)20-22-52;;/h3-18,23-24,51-52H,19-22H2,1-2H3,(H,53,54,55)(H,56,57,58)(H2,39,41,43,45,47)(H2,40,42,44,46,48);;/q;+1;-1. The largest absolute Gasteiger partial charge is 1.00 e. The van der Waals surface area contributed by atoms with Crippen LogP contribution in [0.5, 0.6) is 0 Å². The van der Waals surface area contributed by atoms with Crippen molar-refractivity contribution >= 4 is 90.8 Å². The number of aliphatic hydroxyl groups excluding tert-OH is 2. The molecule has 0 unspecified atom stereocenters. The fourth-order valence-corrected chi connectivity index (χ4v) is 6.90. The van der Waals surface area contributed by atoms with E-state index in [1.807, 2.05) is 36.4 Å². The van der Waals surface area contributed by atoms with Gasteiger partial charge in [0.15, 0.2) is 0 Å². The van der Waals surface area contributed by atoms with Gasteiger partial charge in [-0.1, -0.05) is 60.7 Å². The molecule has 0 bridgehead atoms. The van der Waals surface area contributed by atoms with Gasteiger partial charge in [0.05, 0.1) is 13.2 Å². The first-order chi connectivity index (χ1) is 28.7. The number of rotatable bonds is 18. The molecule has 0 aliphatic heterocycles. The molecule has 0 atom stereocenters. The van der Waals surface area contributed by atoms with E-state index in [1.165, 1.54) is 36.4 Å². The van der Waals surface area contributed by atoms with E-state index in [4.69, 9.17) is 0 Å². The normalized spacial score (nSPS) is 11.4. The molecule has 0 fully saturated rings. The molecule has 8 N–H and O–H groups in total. The summed E-state index contributed by atoms with van der Waals surface area (Å²) in [5.41, 5.74) is 1.63. The summed E-state index contributed by atoms with van der Waals surface area (Å²) in [7, 11) is -6.38. The van der Waals surface area contributed by atoms with Crippen LogP contribution >= 0.6 is 0 Å². The molecule has 0 spiro atoms. The Morgan fingerprint density at radius 1 is 0.525 bits per heavy atom. The molecule has 0 radical (unpaired) electrons. The van der Waals surface area contributed by atoms with Gasteiger partial charge in [0, 0.05) is 49.9 Å². The number of hydrogen-bond acceptors (Lipinski definition) is 18. The third kappa shape index (κ3) is 12.8. The minimum Gasteiger partial charge on any atom is -1.00 e. The summed E-state index contributed by atoms with van der Waals surface area (Å²) >= 11 is 0. The molecule has 0 saturated heterocycles. The van der Waals surface area contributed by atoms with Gasteiger partial charge in [-0.15, -0.1) is 0 Å². The Kier molecular flexibility index (Phi) is 15.6. The number of aromatic nitrogens is 6. The first kappa shape index (κ1) is 46.2. The monoisotopic (exact) mass is 880 g/mol. The van der Waals surface area contributed by atoms with Crippen molar-refractivity contribution in [3.05, 3.63) is 108 Å². The van der Waals surface area contributed by atoms with Crippen molar-refractivity contribution in [2.24, 2.45) is 0 Å². The Bertz CT molecular complexity index is 2530. The first-order valence-corrected chi connectivity index (χ1v) is 20.8. The number of hydrogen-bond donors (Lipinski definition) is 8. The Morgan fingerprint density at radius 2 is 0.852 bits per heavy atom. The fraction of sp³-hybridized carbons (Fsp3) is 0.158. The molecule has 4 aromatic carbocycles. The van der Waals surface area contributed by atoms with Crippen molar-refractivity contribution in [3.63, 3.8) is 0 Å². The van der Waals surface area contributed by atoms with Gasteiger partial charge < -0.3 is 42.7 Å². The summed E-state index contributed by atoms with van der Waals surface area (Å²) in [6.45, 7) is 0.0646. The van der Waals surface area contributed by atoms with Crippen LogP contribution in [0.2, 0.25) is 0 Å². The van der Waals surface area contributed by atoms with Crippen LogP contribution in [0.4, 0.5) is 58.4 Å². The zero-order valence-electron chi connectivity index (χ0n) is 34.0. The van der Waals surface area contributed by atoms with Crippen LogP contribution in [0, 0.1) is 0 Å². The summed E-state index contributed by atoms with van der Waals surface area (Å²) in [6.07, 6.45) is 2.51. The molecule has 20 nitrogen and oxygen atoms in total. The van der Waals surface area contributed by atoms with Gasteiger partial charge >= 0.3 is 29.6 Å². The van der Waals surface area contributed by atoms with Gasteiger partial charge in [0.1, 0.15) is 9.79 Å². The van der Waals surface area contributed by atoms with Crippen LogP contribution < -0.4 is 60.6 Å². The van der Waals surface area contributed by atoms with Crippen LogP contribution in [-0.4, -0.2) is 106 Å². The molecule has 61 heavy (non-hydrogen) atoms. The molecule has 0 saturated carbocycles. The van der Waals surface area contributed by atoms with Crippen LogP contribution in [-0.2, 0) is 20.2 Å². The van der Waals surface area contributed by atoms with E-state index in [0.29, 0.717) is 11.4 Å². The SMILES string of the molecule is CN(CCO)c1nc(Nc2ccccc2)nc(Nc2ccc(C=Cc3ccc(Nc4nc(Nc5ccccc5)nc(N(C)CCO)n4)cc3S(=O)(=O)O)c(S(=O)(=O)O)c2)n1.[H-].[Na+]. The van der Waals surface area contributed by atoms with Crippen molar-refractivity contribution in [3.8, 4) is 0 Å². The molecule has 6 aromatic rings. The number of anilines is 10. The number of benzene rings is 4. The van der Waals surface area contributed by atoms with Crippen molar-refractivity contribution in [1.29, 1.82) is 0 Å². The predicted octanol–water partition coefficient (Wildman–Crippen LogP) is 1.67. The van der Waals surface area contributed by atoms with Crippen molar-refractivity contribution < 1.29 is 67.1 Å². The Labute approximate surface area is 375 Å². The molecule has 6 rings (SSSR count). The maximum atomic E-state index is 12.6. The smallest absolute Gasteiger partial charge is 1.00 e. The second kappa shape index (κ2) is 20.6. The van der Waals surface area contributed by atoms with E-state index in [1.54, 1.807) is 48.2 Å². The summed E-state index contributed by atoms with van der Waals surface area (Å²) < 4.78 is 71.1. The maximum absolute atomic E-state index is 12.6. The van der Waals surface area contributed by atoms with Gasteiger partial charge in [-0.2, -0.15) is 46.7 Å². The van der Waals surface area contributed by atoms with E-state index in [-0.39, 0.29) is 115 Å². The van der Waals surface area contributed by atoms with E-state index in [2.05, 4.69) is 51.2 Å². The number of likely N-dealkylation sites (N-methyl/N-ethyl adjacent to an activating group) is 2. The zero-order chi connectivity index (χ0) is 42.9. The Balaban J connectivity index is 0.00000422. The van der Waals surface area contributed by atoms with Gasteiger partial charge in [-0.3, -0.25) is 9.11 Å². The fourth-order valence-electron chi connectivity index (χ4n) is 5.48. The van der Waals surface area contributed by atoms with Crippen LogP contribution in [0.15, 0.2) is 107 Å². The van der Waals surface area contributed by atoms with E-state index < -0.39 is 30.0 Å². The average molecular weight is 881 g/mol. The van der Waals surface area contributed by atoms with Crippen molar-refractivity contribution in [1.82, 2.24) is 29.9 Å². The van der Waals surface area contributed by atoms with Gasteiger partial charge in [0.25, 0.3) is 20.2 Å². The molecule has 23 heteroatoms. The molecular formula is C38H41N12NaO8S2. The summed E-state index contributed by atoms with van der Waals surface area (Å²) in [6, 6.07) is 26.1. The number of aliphatic hydroxyl groups is 2. The summed E-state index contributed by atoms with van der Waals surface area (Å²) in [5.74, 6) is 0.704. The number of para-hydroxylation sites is 2. The van der Waals surface area contributed by atoms with Crippen LogP contribution in [0.3, 0.4) is 0 Å². The third-order valence-electron chi connectivity index (χ3n) is 8.40. The van der Waals surface area contributed by atoms with Crippen LogP contribution in [0.25, 0.3) is 12.2 Å². The quantitative estimate of drug-likeness (QED) is 0.0346. The summed E-state index contributed by atoms with van der Waals surface area (Å²) in [4.78, 5) is 28.5. The molecule has 2 aromatic heterocycles. The maximum Gasteiger partial charge on any atom is 1.00 e. The second-order valence-corrected chi connectivity index (χ2v) is 15.7. The van der Waals surface area contributed by atoms with E-state index >= 15 is 0 Å². The minimum atomic E-state index is -4.86. The van der Waals surface area contributed by atoms with Gasteiger partial charge in [0.2, 0.25) is 35.7 Å². The molecule has 314 valence electrons. The van der Waals surface area contributed by atoms with Crippen molar-refractivity contribution in [2.45, 2.75) is 9.79 Å². The average Bonchev–Trinajstić information content (AvgIpc) is 3.20. The first-order valence-electron chi connectivity index (χ1n) is 17.9. The van der Waals surface area contributed by atoms with E-state index in [9.17, 15) is 36.2 Å². The Hall–Kier alpha value is -5.82. The summed E-state index contributed by atoms with van der Waals surface area (Å²) in [5, 5.41) is 30.9. The third-order valence-corrected chi connectivity index (χ3v) is 10.2. The van der Waals surface area contributed by atoms with Gasteiger partial charge in [-0.25, -0.2) is 0 Å². The topological polar surface area (TPSA) is 281 Å². The number of nitrogens with zero attached hydrogens (tertiary/aromatic N) is 8. The molecule has 0 aliphatic carbocycles. The molecule has 0 amide bonds. The minimum absolute atomic E-state index is 0. The molecular weight excluding hydrogens is 840 g/mol. The zero-order valence-corrected chi connectivity index (χ0v) is 36.7. The van der Waals surface area contributed by atoms with Crippen molar-refractivity contribution in [2.75, 3.05) is 71.5 Å². The molecule has 0 aliphatic rings.